The second kappa shape index (κ2) is 2.96. The summed E-state index contributed by atoms with van der Waals surface area (Å²) in [6.45, 7) is 4.44. The van der Waals surface area contributed by atoms with Gasteiger partial charge in [-0.25, -0.2) is 0 Å². The van der Waals surface area contributed by atoms with Gasteiger partial charge in [-0.15, -0.1) is 0 Å². The van der Waals surface area contributed by atoms with E-state index < -0.39 is 5.97 Å². The van der Waals surface area contributed by atoms with Crippen LogP contribution in [-0.4, -0.2) is 41.7 Å². The van der Waals surface area contributed by atoms with Crippen molar-refractivity contribution < 1.29 is 9.90 Å². The molecule has 4 heteroatoms. The standard InChI is InChI=1S/C9H16N2O2/c1-5(9(12)13)2-11-3-6-7(4-11)8(6)10/h5-8H,2-4,10H2,1H3,(H,12,13). The third kappa shape index (κ3) is 1.56. The van der Waals surface area contributed by atoms with Crippen LogP contribution in [0.4, 0.5) is 0 Å². The number of fused-ring (bicyclic) bond motifs is 1. The van der Waals surface area contributed by atoms with Crippen LogP contribution in [0.2, 0.25) is 0 Å². The largest absolute Gasteiger partial charge is 0.481 e. The van der Waals surface area contributed by atoms with Crippen LogP contribution in [0.5, 0.6) is 0 Å². The van der Waals surface area contributed by atoms with E-state index in [4.69, 9.17) is 10.8 Å². The van der Waals surface area contributed by atoms with Gasteiger partial charge in [-0.05, 0) is 11.8 Å². The van der Waals surface area contributed by atoms with Crippen molar-refractivity contribution in [2.24, 2.45) is 23.5 Å². The van der Waals surface area contributed by atoms with Crippen molar-refractivity contribution >= 4 is 5.97 Å². The molecule has 0 aromatic heterocycles. The average Bonchev–Trinajstić information content (AvgIpc) is 2.51. The van der Waals surface area contributed by atoms with Gasteiger partial charge in [0.1, 0.15) is 0 Å². The summed E-state index contributed by atoms with van der Waals surface area (Å²) in [6, 6.07) is 0.399. The van der Waals surface area contributed by atoms with E-state index in [1.54, 1.807) is 6.92 Å². The molecule has 2 fully saturated rings. The fourth-order valence-electron chi connectivity index (χ4n) is 2.27. The fraction of sp³-hybridized carbons (Fsp3) is 0.889. The molecule has 1 heterocycles. The smallest absolute Gasteiger partial charge is 0.307 e. The zero-order valence-electron chi connectivity index (χ0n) is 7.81. The minimum absolute atomic E-state index is 0.256. The van der Waals surface area contributed by atoms with Crippen LogP contribution >= 0.6 is 0 Å². The third-order valence-corrected chi connectivity index (χ3v) is 3.29. The van der Waals surface area contributed by atoms with E-state index in [9.17, 15) is 4.79 Å². The summed E-state index contributed by atoms with van der Waals surface area (Å²) in [5.41, 5.74) is 5.78. The molecule has 1 aliphatic carbocycles. The Labute approximate surface area is 77.7 Å². The molecule has 0 spiro atoms. The Kier molecular flexibility index (Phi) is 2.04. The third-order valence-electron chi connectivity index (χ3n) is 3.29. The van der Waals surface area contributed by atoms with Gasteiger partial charge in [-0.3, -0.25) is 4.79 Å². The predicted molar refractivity (Wildman–Crippen MR) is 48.2 cm³/mol. The Morgan fingerprint density at radius 1 is 1.62 bits per heavy atom. The molecule has 3 unspecified atom stereocenters. The van der Waals surface area contributed by atoms with Crippen LogP contribution in [0, 0.1) is 17.8 Å². The van der Waals surface area contributed by atoms with Crippen LogP contribution in [0.25, 0.3) is 0 Å². The van der Waals surface area contributed by atoms with Crippen molar-refractivity contribution in [2.75, 3.05) is 19.6 Å². The van der Waals surface area contributed by atoms with Gasteiger partial charge in [0.15, 0.2) is 0 Å². The number of carboxylic acid groups (broad SMARTS) is 1. The summed E-state index contributed by atoms with van der Waals surface area (Å²) >= 11 is 0. The highest BCUT2D eigenvalue weighted by Crippen LogP contribution is 2.43. The summed E-state index contributed by atoms with van der Waals surface area (Å²) < 4.78 is 0. The summed E-state index contributed by atoms with van der Waals surface area (Å²) in [7, 11) is 0. The van der Waals surface area contributed by atoms with E-state index in [2.05, 4.69) is 4.90 Å². The predicted octanol–water partition coefficient (Wildman–Crippen LogP) is -0.404. The monoisotopic (exact) mass is 184 g/mol. The van der Waals surface area contributed by atoms with Crippen molar-refractivity contribution in [2.45, 2.75) is 13.0 Å². The van der Waals surface area contributed by atoms with Gasteiger partial charge in [0, 0.05) is 25.7 Å². The molecule has 3 N–H and O–H groups in total. The number of aliphatic carboxylic acids is 1. The van der Waals surface area contributed by atoms with Gasteiger partial charge in [-0.2, -0.15) is 0 Å². The van der Waals surface area contributed by atoms with Crippen LogP contribution in [0.1, 0.15) is 6.92 Å². The SMILES string of the molecule is CC(CN1CC2C(N)C2C1)C(=O)O. The highest BCUT2D eigenvalue weighted by atomic mass is 16.4. The van der Waals surface area contributed by atoms with Gasteiger partial charge in [0.05, 0.1) is 5.92 Å². The van der Waals surface area contributed by atoms with Crippen molar-refractivity contribution in [3.8, 4) is 0 Å². The summed E-state index contributed by atoms with van der Waals surface area (Å²) in [5.74, 6) is 0.348. The Hall–Kier alpha value is -0.610. The molecule has 4 nitrogen and oxygen atoms in total. The van der Waals surface area contributed by atoms with Gasteiger partial charge in [-0.1, -0.05) is 6.92 Å². The highest BCUT2D eigenvalue weighted by Gasteiger charge is 2.53. The Balaban J connectivity index is 1.77. The molecule has 1 saturated carbocycles. The van der Waals surface area contributed by atoms with E-state index in [-0.39, 0.29) is 5.92 Å². The summed E-state index contributed by atoms with van der Waals surface area (Å²) in [4.78, 5) is 12.8. The molecule has 3 atom stereocenters. The van der Waals surface area contributed by atoms with Crippen molar-refractivity contribution in [1.82, 2.24) is 4.90 Å². The lowest BCUT2D eigenvalue weighted by Crippen LogP contribution is -2.34. The average molecular weight is 184 g/mol. The molecule has 13 heavy (non-hydrogen) atoms. The lowest BCUT2D eigenvalue weighted by atomic mass is 10.1. The topological polar surface area (TPSA) is 66.6 Å². The van der Waals surface area contributed by atoms with Crippen LogP contribution in [-0.2, 0) is 4.79 Å². The first-order valence-corrected chi connectivity index (χ1v) is 4.80. The number of hydrogen-bond acceptors (Lipinski definition) is 3. The van der Waals surface area contributed by atoms with Crippen LogP contribution in [0.15, 0.2) is 0 Å². The molecule has 0 amide bonds. The number of likely N-dealkylation sites (tertiary alicyclic amines) is 1. The van der Waals surface area contributed by atoms with Crippen LogP contribution < -0.4 is 5.73 Å². The van der Waals surface area contributed by atoms with E-state index >= 15 is 0 Å². The zero-order valence-corrected chi connectivity index (χ0v) is 7.81. The highest BCUT2D eigenvalue weighted by molar-refractivity contribution is 5.69. The second-order valence-corrected chi connectivity index (χ2v) is 4.36. The quantitative estimate of drug-likeness (QED) is 0.626. The molecule has 0 radical (unpaired) electrons. The minimum Gasteiger partial charge on any atom is -0.481 e. The Morgan fingerprint density at radius 3 is 2.62 bits per heavy atom. The van der Waals surface area contributed by atoms with Gasteiger partial charge in [0.25, 0.3) is 0 Å². The van der Waals surface area contributed by atoms with Gasteiger partial charge >= 0.3 is 5.97 Å². The lowest BCUT2D eigenvalue weighted by molar-refractivity contribution is -0.141. The van der Waals surface area contributed by atoms with Gasteiger partial charge < -0.3 is 15.7 Å². The summed E-state index contributed by atoms with van der Waals surface area (Å²) in [5, 5.41) is 8.72. The number of hydrogen-bond donors (Lipinski definition) is 2. The molecule has 2 rings (SSSR count). The Morgan fingerprint density at radius 2 is 2.15 bits per heavy atom. The normalized spacial score (nSPS) is 40.0. The number of carboxylic acids is 1. The second-order valence-electron chi connectivity index (χ2n) is 4.36. The van der Waals surface area contributed by atoms with Crippen LogP contribution in [0.3, 0.4) is 0 Å². The molecule has 0 aromatic rings. The maximum Gasteiger partial charge on any atom is 0.307 e. The number of nitrogens with two attached hydrogens (primary N) is 1. The molecule has 1 aliphatic heterocycles. The molecular formula is C9H16N2O2. The molecule has 74 valence electrons. The zero-order chi connectivity index (χ0) is 9.59. The van der Waals surface area contributed by atoms with E-state index in [1.165, 1.54) is 0 Å². The number of rotatable bonds is 3. The fourth-order valence-corrected chi connectivity index (χ4v) is 2.27. The first-order chi connectivity index (χ1) is 6.09. The number of nitrogens with zero attached hydrogens (tertiary/aromatic N) is 1. The Bertz CT molecular complexity index is 220. The minimum atomic E-state index is -0.704. The maximum absolute atomic E-state index is 10.6. The lowest BCUT2D eigenvalue weighted by Gasteiger charge is -2.20. The van der Waals surface area contributed by atoms with Crippen molar-refractivity contribution in [1.29, 1.82) is 0 Å². The van der Waals surface area contributed by atoms with Crippen molar-refractivity contribution in [3.05, 3.63) is 0 Å². The number of piperidine rings is 1. The molecule has 2 aliphatic rings. The molecule has 1 saturated heterocycles. The van der Waals surface area contributed by atoms with Crippen molar-refractivity contribution in [3.63, 3.8) is 0 Å². The molecule has 0 aromatic carbocycles. The maximum atomic E-state index is 10.6. The van der Waals surface area contributed by atoms with E-state index in [0.29, 0.717) is 24.4 Å². The molecule has 0 bridgehead atoms. The van der Waals surface area contributed by atoms with E-state index in [1.807, 2.05) is 0 Å². The molecular weight excluding hydrogens is 168 g/mol. The van der Waals surface area contributed by atoms with Gasteiger partial charge in [0.2, 0.25) is 0 Å². The first kappa shape index (κ1) is 8.97. The number of carbonyl (C=O) groups is 1. The summed E-state index contributed by atoms with van der Waals surface area (Å²) in [6.07, 6.45) is 0. The first-order valence-electron chi connectivity index (χ1n) is 4.80. The van der Waals surface area contributed by atoms with E-state index in [0.717, 1.165) is 13.1 Å².